The average Bonchev–Trinajstić information content (AvgIpc) is 1.85. The molecule has 1 N–H and O–H groups in total. The van der Waals surface area contributed by atoms with Crippen molar-refractivity contribution >= 4 is 8.25 Å². The molecule has 0 aromatic carbocycles. The van der Waals surface area contributed by atoms with Crippen LogP contribution in [0.4, 0.5) is 0 Å². The topological polar surface area (TPSA) is 46.5 Å². The first kappa shape index (κ1) is 11.4. The number of hydrogen-bond acceptors (Lipinski definition) is 2. The maximum Gasteiger partial charge on any atom is 0.317 e. The molecule has 0 heterocycles. The van der Waals surface area contributed by atoms with Crippen LogP contribution in [0, 0.1) is 12.3 Å². The Balaban J connectivity index is 4.28. The van der Waals surface area contributed by atoms with Gasteiger partial charge in [0.25, 0.3) is 0 Å². The fourth-order valence-electron chi connectivity index (χ4n) is 0.882. The van der Waals surface area contributed by atoms with Gasteiger partial charge in [0.15, 0.2) is 0 Å². The van der Waals surface area contributed by atoms with E-state index in [1.807, 2.05) is 0 Å². The zero-order valence-electron chi connectivity index (χ0n) is 7.04. The molecule has 0 saturated heterocycles. The number of terminal acetylenes is 1. The van der Waals surface area contributed by atoms with Crippen molar-refractivity contribution in [1.82, 2.24) is 0 Å². The molecule has 4 heteroatoms. The molecular weight excluding hydrogens is 175 g/mol. The van der Waals surface area contributed by atoms with E-state index in [1.54, 1.807) is 13.0 Å². The van der Waals surface area contributed by atoms with E-state index in [2.05, 4.69) is 12.5 Å². The van der Waals surface area contributed by atoms with Crippen LogP contribution in [0.5, 0.6) is 0 Å². The number of rotatable bonds is 5. The molecular formula is C8H13O3P. The molecule has 12 heavy (non-hydrogen) atoms. The Kier molecular flexibility index (Phi) is 4.92. The van der Waals surface area contributed by atoms with Crippen LogP contribution in [-0.4, -0.2) is 10.5 Å². The lowest BCUT2D eigenvalue weighted by Crippen LogP contribution is -2.24. The van der Waals surface area contributed by atoms with Gasteiger partial charge in [-0.2, -0.15) is 0 Å². The molecule has 0 aromatic heterocycles. The van der Waals surface area contributed by atoms with E-state index in [9.17, 15) is 4.57 Å². The summed E-state index contributed by atoms with van der Waals surface area (Å²) in [4.78, 5) is 8.56. The van der Waals surface area contributed by atoms with Gasteiger partial charge in [0, 0.05) is 6.42 Å². The van der Waals surface area contributed by atoms with Crippen LogP contribution in [0.2, 0.25) is 0 Å². The standard InChI is InChI=1S/C8H13O3P/c1-4-6-8(3,7-5-2)11-12(9)10/h1,5,12H,2,6-7H2,3H3,(H,9,10). The molecule has 3 nitrogen and oxygen atoms in total. The van der Waals surface area contributed by atoms with E-state index >= 15 is 0 Å². The van der Waals surface area contributed by atoms with Crippen LogP contribution in [0.25, 0.3) is 0 Å². The van der Waals surface area contributed by atoms with Crippen LogP contribution < -0.4 is 0 Å². The molecule has 0 bridgehead atoms. The highest BCUT2D eigenvalue weighted by Gasteiger charge is 2.24. The molecule has 0 aromatic rings. The first-order valence-electron chi connectivity index (χ1n) is 3.50. The summed E-state index contributed by atoms with van der Waals surface area (Å²) < 4.78 is 15.2. The summed E-state index contributed by atoms with van der Waals surface area (Å²) in [6.45, 7) is 5.20. The van der Waals surface area contributed by atoms with Gasteiger partial charge in [-0.15, -0.1) is 18.9 Å². The second-order valence-electron chi connectivity index (χ2n) is 2.69. The van der Waals surface area contributed by atoms with Crippen molar-refractivity contribution in [2.75, 3.05) is 0 Å². The Bertz CT molecular complexity index is 219. The molecule has 0 amide bonds. The van der Waals surface area contributed by atoms with Gasteiger partial charge in [0.1, 0.15) is 0 Å². The minimum atomic E-state index is -2.93. The van der Waals surface area contributed by atoms with Gasteiger partial charge in [-0.25, -0.2) is 0 Å². The fourth-order valence-corrected chi connectivity index (χ4v) is 1.46. The molecule has 0 saturated carbocycles. The van der Waals surface area contributed by atoms with Crippen LogP contribution in [0.15, 0.2) is 12.7 Å². The molecule has 2 unspecified atom stereocenters. The molecule has 0 radical (unpaired) electrons. The lowest BCUT2D eigenvalue weighted by atomic mass is 9.99. The van der Waals surface area contributed by atoms with Crippen molar-refractivity contribution in [3.8, 4) is 12.3 Å². The van der Waals surface area contributed by atoms with Crippen LogP contribution in [0.3, 0.4) is 0 Å². The maximum atomic E-state index is 10.4. The van der Waals surface area contributed by atoms with Gasteiger partial charge in [-0.3, -0.25) is 4.57 Å². The smallest absolute Gasteiger partial charge is 0.317 e. The van der Waals surface area contributed by atoms with Gasteiger partial charge in [-0.1, -0.05) is 6.08 Å². The zero-order valence-corrected chi connectivity index (χ0v) is 8.04. The molecule has 2 atom stereocenters. The Morgan fingerprint density at radius 3 is 2.83 bits per heavy atom. The minimum absolute atomic E-state index is 0.302. The summed E-state index contributed by atoms with van der Waals surface area (Å²) in [6, 6.07) is 0. The highest BCUT2D eigenvalue weighted by molar-refractivity contribution is 7.32. The zero-order chi connectivity index (χ0) is 9.61. The van der Waals surface area contributed by atoms with Gasteiger partial charge >= 0.3 is 8.25 Å². The summed E-state index contributed by atoms with van der Waals surface area (Å²) in [5, 5.41) is 0. The molecule has 0 fully saturated rings. The van der Waals surface area contributed by atoms with Crippen LogP contribution in [-0.2, 0) is 9.09 Å². The van der Waals surface area contributed by atoms with Crippen molar-refractivity contribution in [2.24, 2.45) is 0 Å². The van der Waals surface area contributed by atoms with E-state index in [4.69, 9.17) is 15.8 Å². The molecule has 0 aliphatic rings. The largest absolute Gasteiger partial charge is 0.326 e. The van der Waals surface area contributed by atoms with E-state index in [-0.39, 0.29) is 0 Å². The normalized spacial score (nSPS) is 17.4. The lowest BCUT2D eigenvalue weighted by Gasteiger charge is -2.24. The quantitative estimate of drug-likeness (QED) is 0.406. The Morgan fingerprint density at radius 1 is 1.92 bits per heavy atom. The Labute approximate surface area is 73.4 Å². The van der Waals surface area contributed by atoms with Crippen molar-refractivity contribution in [1.29, 1.82) is 0 Å². The maximum absolute atomic E-state index is 10.4. The fraction of sp³-hybridized carbons (Fsp3) is 0.500. The van der Waals surface area contributed by atoms with Gasteiger partial charge in [0.05, 0.1) is 5.60 Å². The summed E-state index contributed by atoms with van der Waals surface area (Å²) in [5.74, 6) is 2.39. The second kappa shape index (κ2) is 5.16. The van der Waals surface area contributed by atoms with E-state index in [1.165, 1.54) is 0 Å². The molecule has 0 rings (SSSR count). The molecule has 68 valence electrons. The second-order valence-corrected chi connectivity index (χ2v) is 3.43. The molecule has 0 aliphatic heterocycles. The summed E-state index contributed by atoms with van der Waals surface area (Å²) in [7, 11) is -2.93. The first-order valence-corrected chi connectivity index (χ1v) is 4.77. The first-order chi connectivity index (χ1) is 5.54. The van der Waals surface area contributed by atoms with Gasteiger partial charge in [0.2, 0.25) is 0 Å². The number of hydrogen-bond donors (Lipinski definition) is 1. The average molecular weight is 188 g/mol. The monoisotopic (exact) mass is 188 g/mol. The predicted octanol–water partition coefficient (Wildman–Crippen LogP) is 1.74. The van der Waals surface area contributed by atoms with Crippen molar-refractivity contribution in [3.63, 3.8) is 0 Å². The van der Waals surface area contributed by atoms with Crippen molar-refractivity contribution in [3.05, 3.63) is 12.7 Å². The highest BCUT2D eigenvalue weighted by Crippen LogP contribution is 2.31. The van der Waals surface area contributed by atoms with E-state index in [0.29, 0.717) is 12.8 Å². The van der Waals surface area contributed by atoms with E-state index < -0.39 is 13.9 Å². The lowest BCUT2D eigenvalue weighted by molar-refractivity contribution is 0.0923. The van der Waals surface area contributed by atoms with Crippen molar-refractivity contribution < 1.29 is 14.0 Å². The summed E-state index contributed by atoms with van der Waals surface area (Å²) >= 11 is 0. The Hall–Kier alpha value is -0.550. The third-order valence-corrected chi connectivity index (χ3v) is 2.05. The highest BCUT2D eigenvalue weighted by atomic mass is 31.1. The van der Waals surface area contributed by atoms with Crippen LogP contribution >= 0.6 is 8.25 Å². The third-order valence-electron chi connectivity index (χ3n) is 1.39. The van der Waals surface area contributed by atoms with Gasteiger partial charge < -0.3 is 9.42 Å². The summed E-state index contributed by atoms with van der Waals surface area (Å²) in [5.41, 5.74) is -0.749. The molecule has 0 aliphatic carbocycles. The SMILES string of the molecule is C#CCC(C)(CC=C)O[PH](=O)O. The summed E-state index contributed by atoms with van der Waals surface area (Å²) in [6.07, 6.45) is 7.47. The Morgan fingerprint density at radius 2 is 2.50 bits per heavy atom. The third kappa shape index (κ3) is 4.35. The predicted molar refractivity (Wildman–Crippen MR) is 49.0 cm³/mol. The molecule has 0 spiro atoms. The van der Waals surface area contributed by atoms with E-state index in [0.717, 1.165) is 0 Å². The van der Waals surface area contributed by atoms with Crippen LogP contribution in [0.1, 0.15) is 19.8 Å². The van der Waals surface area contributed by atoms with Crippen molar-refractivity contribution in [2.45, 2.75) is 25.4 Å². The van der Waals surface area contributed by atoms with Gasteiger partial charge in [-0.05, 0) is 13.3 Å². The minimum Gasteiger partial charge on any atom is -0.326 e.